The molecule has 2 aromatic carbocycles. The number of anilines is 1. The summed E-state index contributed by atoms with van der Waals surface area (Å²) in [4.78, 5) is 38.8. The molecule has 0 aliphatic carbocycles. The lowest BCUT2D eigenvalue weighted by molar-refractivity contribution is -0.116. The first-order chi connectivity index (χ1) is 13.6. The van der Waals surface area contributed by atoms with Crippen molar-refractivity contribution in [3.05, 3.63) is 59.7 Å². The summed E-state index contributed by atoms with van der Waals surface area (Å²) < 4.78 is 0. The number of rotatable bonds is 9. The summed E-state index contributed by atoms with van der Waals surface area (Å²) in [7, 11) is 0. The van der Waals surface area contributed by atoms with Crippen molar-refractivity contribution in [2.45, 2.75) is 37.5 Å². The molecule has 0 atom stereocenters. The molecule has 0 fully saturated rings. The van der Waals surface area contributed by atoms with Crippen molar-refractivity contribution < 1.29 is 14.4 Å². The van der Waals surface area contributed by atoms with Crippen molar-refractivity contribution >= 4 is 35.2 Å². The average Bonchev–Trinajstić information content (AvgIpc) is 2.95. The maximum Gasteiger partial charge on any atom is 0.261 e. The number of carbonyl (C=O) groups is 3. The minimum Gasteiger partial charge on any atom is -0.326 e. The maximum atomic E-state index is 12.3. The second-order valence-corrected chi connectivity index (χ2v) is 7.85. The molecule has 1 aliphatic rings. The number of unbranched alkanes of at least 4 members (excludes halogenated alkanes) is 1. The molecular formula is C22H24N2O3S. The zero-order valence-electron chi connectivity index (χ0n) is 15.9. The van der Waals surface area contributed by atoms with Crippen LogP contribution in [0.15, 0.2) is 53.4 Å². The molecule has 2 aromatic rings. The quantitative estimate of drug-likeness (QED) is 0.382. The smallest absolute Gasteiger partial charge is 0.261 e. The highest BCUT2D eigenvalue weighted by atomic mass is 32.2. The third kappa shape index (κ3) is 4.81. The topological polar surface area (TPSA) is 66.5 Å². The molecule has 3 rings (SSSR count). The number of nitrogens with zero attached hydrogens (tertiary/aromatic N) is 1. The van der Waals surface area contributed by atoms with E-state index < -0.39 is 0 Å². The Kier molecular flexibility index (Phi) is 6.87. The number of amides is 3. The molecule has 0 saturated heterocycles. The molecule has 1 heterocycles. The van der Waals surface area contributed by atoms with Gasteiger partial charge in [0.2, 0.25) is 5.91 Å². The van der Waals surface area contributed by atoms with Gasteiger partial charge in [-0.15, -0.1) is 11.8 Å². The minimum absolute atomic E-state index is 0.0446. The number of imide groups is 1. The number of hydrogen-bond acceptors (Lipinski definition) is 4. The van der Waals surface area contributed by atoms with Gasteiger partial charge in [-0.1, -0.05) is 25.5 Å². The number of benzene rings is 2. The predicted octanol–water partition coefficient (Wildman–Crippen LogP) is 4.59. The third-order valence-electron chi connectivity index (χ3n) is 4.57. The van der Waals surface area contributed by atoms with Crippen LogP contribution < -0.4 is 5.32 Å². The van der Waals surface area contributed by atoms with Crippen molar-refractivity contribution in [3.63, 3.8) is 0 Å². The fraction of sp³-hybridized carbons (Fsp3) is 0.318. The lowest BCUT2D eigenvalue weighted by atomic mass is 10.1. The molecule has 0 radical (unpaired) electrons. The van der Waals surface area contributed by atoms with Crippen LogP contribution in [0.4, 0.5) is 5.69 Å². The first kappa shape index (κ1) is 20.1. The fourth-order valence-corrected chi connectivity index (χ4v) is 3.89. The van der Waals surface area contributed by atoms with Crippen LogP contribution in [-0.4, -0.2) is 34.9 Å². The van der Waals surface area contributed by atoms with E-state index in [1.807, 2.05) is 24.3 Å². The molecule has 0 unspecified atom stereocenters. The summed E-state index contributed by atoms with van der Waals surface area (Å²) >= 11 is 1.67. The summed E-state index contributed by atoms with van der Waals surface area (Å²) in [5.41, 5.74) is 1.80. The lowest BCUT2D eigenvalue weighted by Gasteiger charge is -2.13. The van der Waals surface area contributed by atoms with Gasteiger partial charge in [-0.3, -0.25) is 19.3 Å². The molecule has 6 heteroatoms. The Morgan fingerprint density at radius 3 is 2.21 bits per heavy atom. The molecule has 1 aliphatic heterocycles. The molecule has 0 aromatic heterocycles. The molecular weight excluding hydrogens is 372 g/mol. The highest BCUT2D eigenvalue weighted by Crippen LogP contribution is 2.24. The lowest BCUT2D eigenvalue weighted by Crippen LogP contribution is -2.30. The number of carbonyl (C=O) groups excluding carboxylic acids is 3. The second kappa shape index (κ2) is 9.55. The van der Waals surface area contributed by atoms with E-state index in [1.54, 1.807) is 36.0 Å². The standard InChI is InChI=1S/C22H24N2O3S/c1-2-3-9-20(25)23-16-10-12-17(13-11-16)28-15-6-14-24-21(26)18-7-4-5-8-19(18)22(24)27/h4-5,7-8,10-13H,2-3,6,9,14-15H2,1H3,(H,23,25). The van der Waals surface area contributed by atoms with E-state index in [2.05, 4.69) is 12.2 Å². The van der Waals surface area contributed by atoms with Gasteiger partial charge in [0.15, 0.2) is 0 Å². The van der Waals surface area contributed by atoms with Gasteiger partial charge in [0.1, 0.15) is 0 Å². The van der Waals surface area contributed by atoms with Crippen LogP contribution in [0.25, 0.3) is 0 Å². The largest absolute Gasteiger partial charge is 0.326 e. The highest BCUT2D eigenvalue weighted by molar-refractivity contribution is 7.99. The van der Waals surface area contributed by atoms with E-state index in [1.165, 1.54) is 4.90 Å². The molecule has 146 valence electrons. The summed E-state index contributed by atoms with van der Waals surface area (Å²) in [5, 5.41) is 2.90. The van der Waals surface area contributed by atoms with Crippen LogP contribution in [0.2, 0.25) is 0 Å². The molecule has 3 amide bonds. The van der Waals surface area contributed by atoms with E-state index in [0.717, 1.165) is 35.6 Å². The molecule has 5 nitrogen and oxygen atoms in total. The van der Waals surface area contributed by atoms with E-state index in [9.17, 15) is 14.4 Å². The molecule has 0 spiro atoms. The van der Waals surface area contributed by atoms with Gasteiger partial charge in [0, 0.05) is 23.5 Å². The van der Waals surface area contributed by atoms with Crippen LogP contribution in [0.3, 0.4) is 0 Å². The van der Waals surface area contributed by atoms with Crippen LogP contribution in [0.1, 0.15) is 53.3 Å². The fourth-order valence-electron chi connectivity index (χ4n) is 3.05. The monoisotopic (exact) mass is 396 g/mol. The Morgan fingerprint density at radius 1 is 0.964 bits per heavy atom. The molecule has 0 bridgehead atoms. The van der Waals surface area contributed by atoms with Crippen molar-refractivity contribution in [3.8, 4) is 0 Å². The summed E-state index contributed by atoms with van der Waals surface area (Å²) in [6.45, 7) is 2.48. The Bertz CT molecular complexity index is 829. The van der Waals surface area contributed by atoms with E-state index in [-0.39, 0.29) is 17.7 Å². The van der Waals surface area contributed by atoms with Gasteiger partial charge >= 0.3 is 0 Å². The van der Waals surface area contributed by atoms with E-state index >= 15 is 0 Å². The van der Waals surface area contributed by atoms with Gasteiger partial charge in [-0.05, 0) is 55.0 Å². The van der Waals surface area contributed by atoms with Crippen molar-refractivity contribution in [2.24, 2.45) is 0 Å². The predicted molar refractivity (Wildman–Crippen MR) is 112 cm³/mol. The van der Waals surface area contributed by atoms with Gasteiger partial charge in [0.25, 0.3) is 11.8 Å². The van der Waals surface area contributed by atoms with Gasteiger partial charge < -0.3 is 5.32 Å². The Balaban J connectivity index is 1.43. The maximum absolute atomic E-state index is 12.3. The summed E-state index contributed by atoms with van der Waals surface area (Å²) in [6, 6.07) is 14.7. The number of nitrogens with one attached hydrogen (secondary N) is 1. The first-order valence-electron chi connectivity index (χ1n) is 9.58. The zero-order valence-corrected chi connectivity index (χ0v) is 16.8. The number of thioether (sulfide) groups is 1. The van der Waals surface area contributed by atoms with E-state index in [4.69, 9.17) is 0 Å². The summed E-state index contributed by atoms with van der Waals surface area (Å²) in [6.07, 6.45) is 3.17. The van der Waals surface area contributed by atoms with Crippen LogP contribution in [0, 0.1) is 0 Å². The molecule has 28 heavy (non-hydrogen) atoms. The summed E-state index contributed by atoms with van der Waals surface area (Å²) in [5.74, 6) is 0.445. The van der Waals surface area contributed by atoms with Crippen molar-refractivity contribution in [2.75, 3.05) is 17.6 Å². The zero-order chi connectivity index (χ0) is 19.9. The van der Waals surface area contributed by atoms with Crippen molar-refractivity contribution in [1.29, 1.82) is 0 Å². The van der Waals surface area contributed by atoms with Crippen LogP contribution in [0.5, 0.6) is 0 Å². The number of hydrogen-bond donors (Lipinski definition) is 1. The average molecular weight is 397 g/mol. The highest BCUT2D eigenvalue weighted by Gasteiger charge is 2.34. The van der Waals surface area contributed by atoms with Gasteiger partial charge in [-0.2, -0.15) is 0 Å². The normalized spacial score (nSPS) is 13.0. The Hall–Kier alpha value is -2.60. The molecule has 0 saturated carbocycles. The number of fused-ring (bicyclic) bond motifs is 1. The van der Waals surface area contributed by atoms with E-state index in [0.29, 0.717) is 24.1 Å². The van der Waals surface area contributed by atoms with Gasteiger partial charge in [0.05, 0.1) is 11.1 Å². The van der Waals surface area contributed by atoms with Crippen molar-refractivity contribution in [1.82, 2.24) is 4.90 Å². The first-order valence-corrected chi connectivity index (χ1v) is 10.6. The SMILES string of the molecule is CCCCC(=O)Nc1ccc(SCCCN2C(=O)c3ccccc3C2=O)cc1. The van der Waals surface area contributed by atoms with Crippen LogP contribution >= 0.6 is 11.8 Å². The third-order valence-corrected chi connectivity index (χ3v) is 5.67. The van der Waals surface area contributed by atoms with Crippen LogP contribution in [-0.2, 0) is 4.79 Å². The second-order valence-electron chi connectivity index (χ2n) is 6.69. The minimum atomic E-state index is -0.200. The molecule has 1 N–H and O–H groups in total. The Morgan fingerprint density at radius 2 is 1.61 bits per heavy atom. The Labute approximate surface area is 169 Å². The van der Waals surface area contributed by atoms with Gasteiger partial charge in [-0.25, -0.2) is 0 Å².